The van der Waals surface area contributed by atoms with Crippen LogP contribution in [0.2, 0.25) is 0 Å². The lowest BCUT2D eigenvalue weighted by molar-refractivity contribution is -0.159. The first-order valence-corrected chi connectivity index (χ1v) is 16.8. The molecule has 2 aromatic carbocycles. The highest BCUT2D eigenvalue weighted by molar-refractivity contribution is 7.98. The first kappa shape index (κ1) is 37.7. The number of nitrogens with one attached hydrogen (secondary N) is 2. The van der Waals surface area contributed by atoms with Crippen LogP contribution in [-0.4, -0.2) is 70.6 Å². The van der Waals surface area contributed by atoms with E-state index in [4.69, 9.17) is 9.47 Å². The third-order valence-electron chi connectivity index (χ3n) is 7.02. The van der Waals surface area contributed by atoms with Gasteiger partial charge in [-0.25, -0.2) is 9.59 Å². The van der Waals surface area contributed by atoms with Crippen LogP contribution in [0.25, 0.3) is 0 Å². The molecule has 0 saturated carbocycles. The van der Waals surface area contributed by atoms with Crippen molar-refractivity contribution in [2.24, 2.45) is 0 Å². The number of rotatable bonds is 13. The highest BCUT2D eigenvalue weighted by Crippen LogP contribution is 2.28. The van der Waals surface area contributed by atoms with E-state index in [1.54, 1.807) is 60.2 Å². The molecule has 0 aliphatic rings. The molecular weight excluding hydrogens is 590 g/mol. The summed E-state index contributed by atoms with van der Waals surface area (Å²) in [5, 5.41) is 5.67. The second kappa shape index (κ2) is 16.7. The normalized spacial score (nSPS) is 13.6. The maximum absolute atomic E-state index is 14.4. The van der Waals surface area contributed by atoms with Gasteiger partial charge in [0.25, 0.3) is 0 Å². The summed E-state index contributed by atoms with van der Waals surface area (Å²) < 4.78 is 11.2. The molecule has 2 N–H and O–H groups in total. The van der Waals surface area contributed by atoms with E-state index in [0.29, 0.717) is 17.7 Å². The number of ether oxygens (including phenoxy) is 2. The Morgan fingerprint density at radius 2 is 1.47 bits per heavy atom. The van der Waals surface area contributed by atoms with E-state index in [9.17, 15) is 19.2 Å². The molecule has 0 heterocycles. The molecule has 2 rings (SSSR count). The summed E-state index contributed by atoms with van der Waals surface area (Å²) >= 11 is 1.55. The predicted molar refractivity (Wildman–Crippen MR) is 180 cm³/mol. The van der Waals surface area contributed by atoms with Crippen molar-refractivity contribution in [3.63, 3.8) is 0 Å². The van der Waals surface area contributed by atoms with E-state index < -0.39 is 53.2 Å². The van der Waals surface area contributed by atoms with E-state index in [0.717, 1.165) is 16.7 Å². The Balaban J connectivity index is 2.57. The van der Waals surface area contributed by atoms with E-state index in [2.05, 4.69) is 10.6 Å². The number of carbonyl (C=O) groups excluding carboxylic acids is 4. The van der Waals surface area contributed by atoms with Crippen LogP contribution in [0.4, 0.5) is 4.79 Å². The fourth-order valence-corrected chi connectivity index (χ4v) is 5.27. The molecule has 0 aliphatic carbocycles. The van der Waals surface area contributed by atoms with Gasteiger partial charge in [0.15, 0.2) is 0 Å². The van der Waals surface area contributed by atoms with Crippen LogP contribution in [0.15, 0.2) is 48.5 Å². The average Bonchev–Trinajstić information content (AvgIpc) is 2.93. The number of hydrogen-bond donors (Lipinski definition) is 2. The number of esters is 1. The number of hydrogen-bond acceptors (Lipinski definition) is 7. The summed E-state index contributed by atoms with van der Waals surface area (Å²) in [4.78, 5) is 56.4. The number of alkyl carbamates (subject to hydrolysis) is 1. The Hall–Kier alpha value is -3.53. The summed E-state index contributed by atoms with van der Waals surface area (Å²) in [5.74, 6) is -0.915. The quantitative estimate of drug-likeness (QED) is 0.262. The molecular formula is C35H51N3O6S. The number of nitrogens with zero attached hydrogens (tertiary/aromatic N) is 1. The van der Waals surface area contributed by atoms with Crippen molar-refractivity contribution in [3.8, 4) is 0 Å². The standard InChI is InChI=1S/C35H51N3O6S/c1-11-38(31(40)27(20-21-45-10)37-33(42)44-35(7,8)9)29(26-19-15-16-23(2)24(26)3)30(39)36-28(32(41)43-34(4,5)6)22-25-17-13-12-14-18-25/h12-19,27-29H,11,20-22H2,1-10H3,(H,36,39)(H,37,42). The van der Waals surface area contributed by atoms with Crippen molar-refractivity contribution >= 4 is 35.6 Å². The molecule has 0 radical (unpaired) electrons. The number of benzene rings is 2. The van der Waals surface area contributed by atoms with Crippen molar-refractivity contribution in [2.45, 2.75) is 104 Å². The molecule has 2 aromatic rings. The number of amides is 3. The van der Waals surface area contributed by atoms with Crippen LogP contribution in [0.3, 0.4) is 0 Å². The molecule has 9 nitrogen and oxygen atoms in total. The monoisotopic (exact) mass is 641 g/mol. The molecule has 248 valence electrons. The van der Waals surface area contributed by atoms with Crippen LogP contribution < -0.4 is 10.6 Å². The van der Waals surface area contributed by atoms with Crippen LogP contribution in [0, 0.1) is 13.8 Å². The third kappa shape index (κ3) is 12.1. The van der Waals surface area contributed by atoms with Gasteiger partial charge >= 0.3 is 12.1 Å². The summed E-state index contributed by atoms with van der Waals surface area (Å²) in [6, 6.07) is 12.0. The SMILES string of the molecule is CCN(C(=O)C(CCSC)NC(=O)OC(C)(C)C)C(C(=O)NC(Cc1ccccc1)C(=O)OC(C)(C)C)c1cccc(C)c1C. The summed E-state index contributed by atoms with van der Waals surface area (Å²) in [6.07, 6.45) is 1.75. The van der Waals surface area contributed by atoms with Crippen LogP contribution in [0.5, 0.6) is 0 Å². The lowest BCUT2D eigenvalue weighted by Gasteiger charge is -2.35. The second-order valence-corrected chi connectivity index (χ2v) is 14.1. The van der Waals surface area contributed by atoms with Crippen molar-refractivity contribution < 1.29 is 28.7 Å². The molecule has 3 atom stereocenters. The van der Waals surface area contributed by atoms with Crippen molar-refractivity contribution in [3.05, 3.63) is 70.8 Å². The number of thioether (sulfide) groups is 1. The van der Waals surface area contributed by atoms with Crippen LogP contribution in [0.1, 0.15) is 83.2 Å². The minimum atomic E-state index is -1.08. The van der Waals surface area contributed by atoms with Gasteiger partial charge in [-0.2, -0.15) is 11.8 Å². The zero-order valence-corrected chi connectivity index (χ0v) is 29.3. The van der Waals surface area contributed by atoms with Crippen molar-refractivity contribution in [1.82, 2.24) is 15.5 Å². The van der Waals surface area contributed by atoms with Crippen LogP contribution in [-0.2, 0) is 30.3 Å². The molecule has 0 aliphatic heterocycles. The third-order valence-corrected chi connectivity index (χ3v) is 7.66. The molecule has 45 heavy (non-hydrogen) atoms. The van der Waals surface area contributed by atoms with E-state index in [-0.39, 0.29) is 13.0 Å². The van der Waals surface area contributed by atoms with Gasteiger partial charge in [-0.05, 0) is 103 Å². The molecule has 0 aromatic heterocycles. The largest absolute Gasteiger partial charge is 0.458 e. The van der Waals surface area contributed by atoms with Gasteiger partial charge in [0.2, 0.25) is 11.8 Å². The summed E-state index contributed by atoms with van der Waals surface area (Å²) in [7, 11) is 0. The molecule has 0 fully saturated rings. The lowest BCUT2D eigenvalue weighted by atomic mass is 9.94. The van der Waals surface area contributed by atoms with Gasteiger partial charge in [0, 0.05) is 13.0 Å². The molecule has 3 amide bonds. The maximum Gasteiger partial charge on any atom is 0.408 e. The Morgan fingerprint density at radius 3 is 2.02 bits per heavy atom. The molecule has 0 spiro atoms. The predicted octanol–water partition coefficient (Wildman–Crippen LogP) is 5.91. The fraction of sp³-hybridized carbons (Fsp3) is 0.543. The Kier molecular flexibility index (Phi) is 14.0. The number of aryl methyl sites for hydroxylation is 1. The Bertz CT molecular complexity index is 1300. The molecule has 0 bridgehead atoms. The number of carbonyl (C=O) groups is 4. The smallest absolute Gasteiger partial charge is 0.408 e. The fourth-order valence-electron chi connectivity index (χ4n) is 4.80. The average molecular weight is 642 g/mol. The van der Waals surface area contributed by atoms with E-state index >= 15 is 0 Å². The maximum atomic E-state index is 14.4. The highest BCUT2D eigenvalue weighted by atomic mass is 32.2. The second-order valence-electron chi connectivity index (χ2n) is 13.1. The van der Waals surface area contributed by atoms with Gasteiger partial charge in [-0.3, -0.25) is 9.59 Å². The zero-order valence-electron chi connectivity index (χ0n) is 28.5. The first-order chi connectivity index (χ1) is 21.0. The van der Waals surface area contributed by atoms with E-state index in [1.165, 1.54) is 4.90 Å². The zero-order chi connectivity index (χ0) is 33.9. The molecule has 10 heteroatoms. The molecule has 0 saturated heterocycles. The van der Waals surface area contributed by atoms with Gasteiger partial charge in [-0.15, -0.1) is 0 Å². The first-order valence-electron chi connectivity index (χ1n) is 15.4. The van der Waals surface area contributed by atoms with Crippen molar-refractivity contribution in [1.29, 1.82) is 0 Å². The highest BCUT2D eigenvalue weighted by Gasteiger charge is 2.38. The van der Waals surface area contributed by atoms with Gasteiger partial charge in [-0.1, -0.05) is 48.5 Å². The Labute approximate surface area is 273 Å². The van der Waals surface area contributed by atoms with Gasteiger partial charge in [0.1, 0.15) is 29.3 Å². The van der Waals surface area contributed by atoms with E-state index in [1.807, 2.05) is 68.6 Å². The number of likely N-dealkylation sites (N-methyl/N-ethyl adjacent to an activating group) is 1. The molecule has 3 unspecified atom stereocenters. The van der Waals surface area contributed by atoms with Gasteiger partial charge < -0.3 is 25.0 Å². The minimum Gasteiger partial charge on any atom is -0.458 e. The topological polar surface area (TPSA) is 114 Å². The lowest BCUT2D eigenvalue weighted by Crippen LogP contribution is -2.55. The Morgan fingerprint density at radius 1 is 0.844 bits per heavy atom. The van der Waals surface area contributed by atoms with Crippen molar-refractivity contribution in [2.75, 3.05) is 18.6 Å². The summed E-state index contributed by atoms with van der Waals surface area (Å²) in [6.45, 7) is 16.4. The summed E-state index contributed by atoms with van der Waals surface area (Å²) in [5.41, 5.74) is 1.75. The van der Waals surface area contributed by atoms with Gasteiger partial charge in [0.05, 0.1) is 0 Å². The minimum absolute atomic E-state index is 0.172. The van der Waals surface area contributed by atoms with Crippen LogP contribution >= 0.6 is 11.8 Å².